The summed E-state index contributed by atoms with van der Waals surface area (Å²) in [6.45, 7) is 1.72. The predicted molar refractivity (Wildman–Crippen MR) is 64.9 cm³/mol. The molecule has 1 aromatic carbocycles. The van der Waals surface area contributed by atoms with E-state index in [4.69, 9.17) is 4.74 Å². The van der Waals surface area contributed by atoms with Crippen LogP contribution >= 0.6 is 0 Å². The SMILES string of the molecule is COCC(CO)N1CCCc2ccccc21. The molecule has 16 heavy (non-hydrogen) atoms. The molecule has 0 fully saturated rings. The van der Waals surface area contributed by atoms with Crippen LogP contribution in [-0.4, -0.2) is 38.0 Å². The lowest BCUT2D eigenvalue weighted by Crippen LogP contribution is -2.44. The number of aliphatic hydroxyl groups excluding tert-OH is 1. The van der Waals surface area contributed by atoms with E-state index in [-0.39, 0.29) is 12.6 Å². The van der Waals surface area contributed by atoms with Crippen molar-refractivity contribution < 1.29 is 9.84 Å². The summed E-state index contributed by atoms with van der Waals surface area (Å²) in [6, 6.07) is 8.51. The first-order chi connectivity index (χ1) is 7.86. The minimum absolute atomic E-state index is 0.0754. The van der Waals surface area contributed by atoms with E-state index in [1.807, 2.05) is 0 Å². The van der Waals surface area contributed by atoms with Crippen molar-refractivity contribution in [3.8, 4) is 0 Å². The second-order valence-electron chi connectivity index (χ2n) is 4.22. The van der Waals surface area contributed by atoms with E-state index < -0.39 is 0 Å². The monoisotopic (exact) mass is 221 g/mol. The molecule has 0 aliphatic carbocycles. The third-order valence-corrected chi connectivity index (χ3v) is 3.16. The van der Waals surface area contributed by atoms with Crippen LogP contribution in [0.4, 0.5) is 5.69 Å². The van der Waals surface area contributed by atoms with Gasteiger partial charge in [0.25, 0.3) is 0 Å². The molecule has 3 nitrogen and oxygen atoms in total. The molecule has 1 aliphatic rings. The average Bonchev–Trinajstić information content (AvgIpc) is 2.35. The molecule has 0 saturated carbocycles. The summed E-state index contributed by atoms with van der Waals surface area (Å²) >= 11 is 0. The molecule has 1 heterocycles. The smallest absolute Gasteiger partial charge is 0.0754 e. The molecule has 0 radical (unpaired) electrons. The number of hydrogen-bond donors (Lipinski definition) is 1. The number of methoxy groups -OCH3 is 1. The van der Waals surface area contributed by atoms with Gasteiger partial charge in [0, 0.05) is 19.3 Å². The number of fused-ring (bicyclic) bond motifs is 1. The van der Waals surface area contributed by atoms with Crippen LogP contribution in [0.2, 0.25) is 0 Å². The molecule has 0 spiro atoms. The summed E-state index contributed by atoms with van der Waals surface area (Å²) in [5.41, 5.74) is 2.63. The normalized spacial score (nSPS) is 17.0. The maximum atomic E-state index is 9.41. The van der Waals surface area contributed by atoms with Crippen molar-refractivity contribution in [1.82, 2.24) is 0 Å². The van der Waals surface area contributed by atoms with Crippen LogP contribution < -0.4 is 4.90 Å². The van der Waals surface area contributed by atoms with Crippen LogP contribution in [0.3, 0.4) is 0 Å². The van der Waals surface area contributed by atoms with Crippen molar-refractivity contribution in [2.45, 2.75) is 18.9 Å². The first kappa shape index (κ1) is 11.4. The molecular formula is C13H19NO2. The highest BCUT2D eigenvalue weighted by atomic mass is 16.5. The number of aryl methyl sites for hydroxylation is 1. The van der Waals surface area contributed by atoms with Crippen molar-refractivity contribution in [1.29, 1.82) is 0 Å². The maximum absolute atomic E-state index is 9.41. The molecular weight excluding hydrogens is 202 g/mol. The highest BCUT2D eigenvalue weighted by molar-refractivity contribution is 5.56. The zero-order valence-corrected chi connectivity index (χ0v) is 9.72. The quantitative estimate of drug-likeness (QED) is 0.835. The highest BCUT2D eigenvalue weighted by Gasteiger charge is 2.23. The number of aliphatic hydroxyl groups is 1. The fourth-order valence-corrected chi connectivity index (χ4v) is 2.38. The Morgan fingerprint density at radius 2 is 2.25 bits per heavy atom. The number of nitrogens with zero attached hydrogens (tertiary/aromatic N) is 1. The highest BCUT2D eigenvalue weighted by Crippen LogP contribution is 2.28. The molecule has 0 amide bonds. The van der Waals surface area contributed by atoms with Gasteiger partial charge in [-0.05, 0) is 24.5 Å². The summed E-state index contributed by atoms with van der Waals surface area (Å²) in [5.74, 6) is 0. The first-order valence-corrected chi connectivity index (χ1v) is 5.81. The van der Waals surface area contributed by atoms with Gasteiger partial charge in [-0.3, -0.25) is 0 Å². The van der Waals surface area contributed by atoms with Gasteiger partial charge >= 0.3 is 0 Å². The number of para-hydroxylation sites is 1. The molecule has 3 heteroatoms. The standard InChI is InChI=1S/C13H19NO2/c1-16-10-12(9-15)14-8-4-6-11-5-2-3-7-13(11)14/h2-3,5,7,12,15H,4,6,8-10H2,1H3. The number of rotatable bonds is 4. The summed E-state index contributed by atoms with van der Waals surface area (Å²) in [6.07, 6.45) is 2.29. The van der Waals surface area contributed by atoms with Gasteiger partial charge < -0.3 is 14.7 Å². The van der Waals surface area contributed by atoms with Crippen molar-refractivity contribution in [3.63, 3.8) is 0 Å². The third-order valence-electron chi connectivity index (χ3n) is 3.16. The second kappa shape index (κ2) is 5.32. The van der Waals surface area contributed by atoms with E-state index in [0.29, 0.717) is 6.61 Å². The minimum Gasteiger partial charge on any atom is -0.394 e. The fourth-order valence-electron chi connectivity index (χ4n) is 2.38. The molecule has 0 saturated heterocycles. The third kappa shape index (κ3) is 2.20. The summed E-state index contributed by atoms with van der Waals surface area (Å²) in [4.78, 5) is 2.27. The fraction of sp³-hybridized carbons (Fsp3) is 0.538. The van der Waals surface area contributed by atoms with Gasteiger partial charge in [-0.25, -0.2) is 0 Å². The van der Waals surface area contributed by atoms with E-state index in [9.17, 15) is 5.11 Å². The lowest BCUT2D eigenvalue weighted by Gasteiger charge is -2.36. The van der Waals surface area contributed by atoms with Gasteiger partial charge in [-0.1, -0.05) is 18.2 Å². The summed E-state index contributed by atoms with van der Waals surface area (Å²) in [5, 5.41) is 9.41. The van der Waals surface area contributed by atoms with E-state index in [1.165, 1.54) is 11.3 Å². The Morgan fingerprint density at radius 3 is 3.00 bits per heavy atom. The number of benzene rings is 1. The number of ether oxygens (including phenoxy) is 1. The summed E-state index contributed by atoms with van der Waals surface area (Å²) in [7, 11) is 1.68. The van der Waals surface area contributed by atoms with Gasteiger partial charge in [-0.15, -0.1) is 0 Å². The second-order valence-corrected chi connectivity index (χ2v) is 4.22. The molecule has 88 valence electrons. The lowest BCUT2D eigenvalue weighted by atomic mass is 10.0. The molecule has 2 rings (SSSR count). The largest absolute Gasteiger partial charge is 0.394 e. The van der Waals surface area contributed by atoms with E-state index in [1.54, 1.807) is 7.11 Å². The Balaban J connectivity index is 2.23. The van der Waals surface area contributed by atoms with Gasteiger partial charge in [0.05, 0.1) is 19.3 Å². The van der Waals surface area contributed by atoms with Crippen LogP contribution in [-0.2, 0) is 11.2 Å². The molecule has 1 atom stereocenters. The van der Waals surface area contributed by atoms with Crippen molar-refractivity contribution in [2.24, 2.45) is 0 Å². The molecule has 1 aromatic rings. The Morgan fingerprint density at radius 1 is 1.44 bits per heavy atom. The van der Waals surface area contributed by atoms with Crippen LogP contribution in [0.15, 0.2) is 24.3 Å². The first-order valence-electron chi connectivity index (χ1n) is 5.81. The number of hydrogen-bond acceptors (Lipinski definition) is 3. The summed E-state index contributed by atoms with van der Waals surface area (Å²) < 4.78 is 5.16. The van der Waals surface area contributed by atoms with Crippen molar-refractivity contribution in [3.05, 3.63) is 29.8 Å². The van der Waals surface area contributed by atoms with E-state index in [2.05, 4.69) is 29.2 Å². The zero-order chi connectivity index (χ0) is 11.4. The van der Waals surface area contributed by atoms with Crippen LogP contribution in [0, 0.1) is 0 Å². The van der Waals surface area contributed by atoms with Gasteiger partial charge in [0.2, 0.25) is 0 Å². The predicted octanol–water partition coefficient (Wildman–Crippen LogP) is 1.45. The molecule has 1 N–H and O–H groups in total. The Hall–Kier alpha value is -1.06. The van der Waals surface area contributed by atoms with E-state index in [0.717, 1.165) is 19.4 Å². The average molecular weight is 221 g/mol. The Bertz CT molecular complexity index is 340. The van der Waals surface area contributed by atoms with E-state index >= 15 is 0 Å². The van der Waals surface area contributed by atoms with Crippen molar-refractivity contribution >= 4 is 5.69 Å². The lowest BCUT2D eigenvalue weighted by molar-refractivity contribution is 0.140. The minimum atomic E-state index is 0.0754. The van der Waals surface area contributed by atoms with Crippen molar-refractivity contribution in [2.75, 3.05) is 31.8 Å². The van der Waals surface area contributed by atoms with Gasteiger partial charge in [0.1, 0.15) is 0 Å². The van der Waals surface area contributed by atoms with Crippen LogP contribution in [0.25, 0.3) is 0 Å². The maximum Gasteiger partial charge on any atom is 0.0754 e. The Kier molecular flexibility index (Phi) is 3.80. The molecule has 1 unspecified atom stereocenters. The van der Waals surface area contributed by atoms with Gasteiger partial charge in [0.15, 0.2) is 0 Å². The molecule has 0 aromatic heterocycles. The zero-order valence-electron chi connectivity index (χ0n) is 9.72. The molecule has 0 bridgehead atoms. The van der Waals surface area contributed by atoms with Crippen LogP contribution in [0.1, 0.15) is 12.0 Å². The number of anilines is 1. The molecule has 1 aliphatic heterocycles. The topological polar surface area (TPSA) is 32.7 Å². The Labute approximate surface area is 96.6 Å². The van der Waals surface area contributed by atoms with Gasteiger partial charge in [-0.2, -0.15) is 0 Å². The van der Waals surface area contributed by atoms with Crippen LogP contribution in [0.5, 0.6) is 0 Å².